The minimum Gasteiger partial charge on any atom is -0.466 e. The molecule has 0 saturated carbocycles. The Labute approximate surface area is 180 Å². The zero-order valence-electron chi connectivity index (χ0n) is 19.1. The molecule has 0 spiro atoms. The van der Waals surface area contributed by atoms with Crippen molar-refractivity contribution < 1.29 is 29.0 Å². The molecule has 0 aromatic heterocycles. The molecular weight excluding hydrogens is 384 g/mol. The molecule has 0 heterocycles. The van der Waals surface area contributed by atoms with Crippen molar-refractivity contribution in [2.75, 3.05) is 13.2 Å². The van der Waals surface area contributed by atoms with Crippen LogP contribution in [-0.2, 0) is 35.7 Å². The summed E-state index contributed by atoms with van der Waals surface area (Å²) in [6.45, 7) is 10.7. The van der Waals surface area contributed by atoms with E-state index >= 15 is 0 Å². The Morgan fingerprint density at radius 2 is 1.80 bits per heavy atom. The maximum Gasteiger partial charge on any atom is 0.316 e. The number of aliphatic hydroxyl groups excluding tert-OH is 1. The molecule has 0 aliphatic rings. The van der Waals surface area contributed by atoms with E-state index in [1.807, 2.05) is 58.9 Å². The minimum atomic E-state index is -0.952. The Bertz CT molecular complexity index is 733. The first kappa shape index (κ1) is 25.8. The van der Waals surface area contributed by atoms with Gasteiger partial charge in [0, 0.05) is 6.42 Å². The lowest BCUT2D eigenvalue weighted by atomic mass is 9.77. The molecule has 0 aliphatic carbocycles. The van der Waals surface area contributed by atoms with E-state index in [9.17, 15) is 14.4 Å². The van der Waals surface area contributed by atoms with Crippen molar-refractivity contribution in [1.82, 2.24) is 0 Å². The number of Topliss-reactive ketones (excluding diaryl/α,β-unsaturated/α-hetero) is 1. The lowest BCUT2D eigenvalue weighted by Gasteiger charge is -2.32. The third kappa shape index (κ3) is 7.90. The smallest absolute Gasteiger partial charge is 0.316 e. The highest BCUT2D eigenvalue weighted by Crippen LogP contribution is 2.34. The maximum atomic E-state index is 13.1. The normalized spacial score (nSPS) is 14.5. The van der Waals surface area contributed by atoms with Gasteiger partial charge in [0.2, 0.25) is 0 Å². The number of aliphatic hydroxyl groups is 1. The highest BCUT2D eigenvalue weighted by Gasteiger charge is 2.38. The second kappa shape index (κ2) is 11.3. The number of hydrogen-bond donors (Lipinski definition) is 1. The summed E-state index contributed by atoms with van der Waals surface area (Å²) in [5, 5.41) is 8.97. The van der Waals surface area contributed by atoms with Crippen molar-refractivity contribution in [3.8, 4) is 0 Å². The highest BCUT2D eigenvalue weighted by molar-refractivity contribution is 5.83. The molecule has 0 amide bonds. The molecule has 1 aromatic carbocycles. The van der Waals surface area contributed by atoms with Gasteiger partial charge < -0.3 is 14.6 Å². The summed E-state index contributed by atoms with van der Waals surface area (Å²) < 4.78 is 10.8. The molecule has 1 N–H and O–H groups in total. The largest absolute Gasteiger partial charge is 0.466 e. The van der Waals surface area contributed by atoms with E-state index in [2.05, 4.69) is 0 Å². The van der Waals surface area contributed by atoms with E-state index in [0.29, 0.717) is 25.9 Å². The molecule has 2 unspecified atom stereocenters. The maximum absolute atomic E-state index is 13.1. The molecule has 0 fully saturated rings. The van der Waals surface area contributed by atoms with Gasteiger partial charge >= 0.3 is 11.9 Å². The van der Waals surface area contributed by atoms with Gasteiger partial charge in [0.25, 0.3) is 0 Å². The second-order valence-corrected chi connectivity index (χ2v) is 8.94. The Balaban J connectivity index is 3.15. The molecule has 0 bridgehead atoms. The van der Waals surface area contributed by atoms with Gasteiger partial charge in [-0.05, 0) is 65.0 Å². The molecule has 0 saturated heterocycles. The van der Waals surface area contributed by atoms with Crippen molar-refractivity contribution in [2.45, 2.75) is 78.2 Å². The van der Waals surface area contributed by atoms with Gasteiger partial charge in [-0.15, -0.1) is 0 Å². The standard InChI is InChI=1S/C24H36O6/c1-7-29-21(27)17(2)14-18-10-8-11-19(15-18)24(6,13-9-12-20(26)16-25)22(28)30-23(3,4)5/h8,10-11,15,17,25H,7,9,12-14,16H2,1-6H3. The van der Waals surface area contributed by atoms with Crippen LogP contribution in [0, 0.1) is 5.92 Å². The molecule has 6 heteroatoms. The summed E-state index contributed by atoms with van der Waals surface area (Å²) >= 11 is 0. The number of rotatable bonds is 11. The third-order valence-corrected chi connectivity index (χ3v) is 4.95. The Kier molecular flexibility index (Phi) is 9.69. The van der Waals surface area contributed by atoms with Crippen molar-refractivity contribution in [1.29, 1.82) is 0 Å². The van der Waals surface area contributed by atoms with Crippen molar-refractivity contribution >= 4 is 17.7 Å². The van der Waals surface area contributed by atoms with Crippen LogP contribution in [0.4, 0.5) is 0 Å². The predicted molar refractivity (Wildman–Crippen MR) is 115 cm³/mol. The van der Waals surface area contributed by atoms with Crippen LogP contribution in [0.5, 0.6) is 0 Å². The monoisotopic (exact) mass is 420 g/mol. The highest BCUT2D eigenvalue weighted by atomic mass is 16.6. The molecule has 2 atom stereocenters. The Morgan fingerprint density at radius 3 is 2.37 bits per heavy atom. The van der Waals surface area contributed by atoms with Crippen LogP contribution < -0.4 is 0 Å². The first-order valence-electron chi connectivity index (χ1n) is 10.5. The summed E-state index contributed by atoms with van der Waals surface area (Å²) in [6, 6.07) is 7.58. The number of benzene rings is 1. The molecule has 0 radical (unpaired) electrons. The minimum absolute atomic E-state index is 0.203. The quantitative estimate of drug-likeness (QED) is 0.548. The lowest BCUT2D eigenvalue weighted by Crippen LogP contribution is -2.39. The van der Waals surface area contributed by atoms with Gasteiger partial charge in [0.15, 0.2) is 5.78 Å². The Hall–Kier alpha value is -2.21. The van der Waals surface area contributed by atoms with Gasteiger partial charge in [-0.1, -0.05) is 31.2 Å². The van der Waals surface area contributed by atoms with Crippen LogP contribution in [0.1, 0.15) is 71.9 Å². The van der Waals surface area contributed by atoms with Crippen LogP contribution in [0.15, 0.2) is 24.3 Å². The fourth-order valence-electron chi connectivity index (χ4n) is 3.24. The summed E-state index contributed by atoms with van der Waals surface area (Å²) in [5.41, 5.74) is 0.109. The van der Waals surface area contributed by atoms with Gasteiger partial charge in [-0.3, -0.25) is 14.4 Å². The van der Waals surface area contributed by atoms with E-state index < -0.39 is 17.6 Å². The number of hydrogen-bond acceptors (Lipinski definition) is 6. The fraction of sp³-hybridized carbons (Fsp3) is 0.625. The molecule has 30 heavy (non-hydrogen) atoms. The van der Waals surface area contributed by atoms with Gasteiger partial charge in [0.05, 0.1) is 17.9 Å². The van der Waals surface area contributed by atoms with Crippen LogP contribution in [0.25, 0.3) is 0 Å². The molecule has 1 rings (SSSR count). The zero-order chi connectivity index (χ0) is 22.9. The molecule has 6 nitrogen and oxygen atoms in total. The number of ketones is 1. The van der Waals surface area contributed by atoms with Gasteiger partial charge in [-0.25, -0.2) is 0 Å². The second-order valence-electron chi connectivity index (χ2n) is 8.94. The summed E-state index contributed by atoms with van der Waals surface area (Å²) in [6.07, 6.45) is 1.57. The zero-order valence-corrected chi connectivity index (χ0v) is 19.1. The van der Waals surface area contributed by atoms with Crippen molar-refractivity contribution in [2.24, 2.45) is 5.92 Å². The average Bonchev–Trinajstić information content (AvgIpc) is 2.66. The molecule has 1 aromatic rings. The first-order chi connectivity index (χ1) is 13.9. The topological polar surface area (TPSA) is 89.9 Å². The third-order valence-electron chi connectivity index (χ3n) is 4.95. The summed E-state index contributed by atoms with van der Waals surface area (Å²) in [5.74, 6) is -1.16. The van der Waals surface area contributed by atoms with Gasteiger partial charge in [-0.2, -0.15) is 0 Å². The fourth-order valence-corrected chi connectivity index (χ4v) is 3.24. The van der Waals surface area contributed by atoms with E-state index in [-0.39, 0.29) is 30.1 Å². The van der Waals surface area contributed by atoms with Crippen LogP contribution in [-0.4, -0.2) is 41.6 Å². The van der Waals surface area contributed by atoms with Crippen LogP contribution in [0.3, 0.4) is 0 Å². The molecular formula is C24H36O6. The summed E-state index contributed by atoms with van der Waals surface area (Å²) in [4.78, 5) is 36.6. The van der Waals surface area contributed by atoms with E-state index in [0.717, 1.165) is 11.1 Å². The SMILES string of the molecule is CCOC(=O)C(C)Cc1cccc(C(C)(CCCC(=O)CO)C(=O)OC(C)(C)C)c1. The van der Waals surface area contributed by atoms with E-state index in [4.69, 9.17) is 14.6 Å². The number of ether oxygens (including phenoxy) is 2. The van der Waals surface area contributed by atoms with Crippen LogP contribution in [0.2, 0.25) is 0 Å². The first-order valence-corrected chi connectivity index (χ1v) is 10.5. The van der Waals surface area contributed by atoms with Crippen LogP contribution >= 0.6 is 0 Å². The van der Waals surface area contributed by atoms with E-state index in [1.54, 1.807) is 6.92 Å². The van der Waals surface area contributed by atoms with Gasteiger partial charge in [0.1, 0.15) is 12.2 Å². The number of esters is 2. The summed E-state index contributed by atoms with van der Waals surface area (Å²) in [7, 11) is 0. The number of carbonyl (C=O) groups excluding carboxylic acids is 3. The predicted octanol–water partition coefficient (Wildman–Crippen LogP) is 3.76. The molecule has 168 valence electrons. The number of carbonyl (C=O) groups is 3. The van der Waals surface area contributed by atoms with E-state index in [1.165, 1.54) is 0 Å². The molecule has 0 aliphatic heterocycles. The Morgan fingerprint density at radius 1 is 1.13 bits per heavy atom. The lowest BCUT2D eigenvalue weighted by molar-refractivity contribution is -0.162. The average molecular weight is 421 g/mol. The van der Waals surface area contributed by atoms with Crippen molar-refractivity contribution in [3.05, 3.63) is 35.4 Å². The van der Waals surface area contributed by atoms with Crippen molar-refractivity contribution in [3.63, 3.8) is 0 Å².